The number of halogens is 1. The summed E-state index contributed by atoms with van der Waals surface area (Å²) in [5, 5.41) is 10.3. The molecule has 1 N–H and O–H groups in total. The lowest BCUT2D eigenvalue weighted by atomic mass is 9.79. The summed E-state index contributed by atoms with van der Waals surface area (Å²) in [7, 11) is 4.39. The van der Waals surface area contributed by atoms with Gasteiger partial charge in [0.1, 0.15) is 0 Å². The number of aliphatic hydroxyl groups excluding tert-OH is 1. The van der Waals surface area contributed by atoms with Gasteiger partial charge in [0.2, 0.25) is 0 Å². The van der Waals surface area contributed by atoms with Crippen LogP contribution in [0.1, 0.15) is 103 Å². The van der Waals surface area contributed by atoms with Crippen LogP contribution in [0.5, 0.6) is 0 Å². The third-order valence-electron chi connectivity index (χ3n) is 5.79. The third kappa shape index (κ3) is 10.4. The zero-order valence-corrected chi connectivity index (χ0v) is 18.4. The van der Waals surface area contributed by atoms with E-state index in [2.05, 4.69) is 25.9 Å². The fraction of sp³-hybridized carbons (Fsp3) is 1.00. The fourth-order valence-corrected chi connectivity index (χ4v) is 4.28. The summed E-state index contributed by atoms with van der Waals surface area (Å²) in [4.78, 5) is 2.37. The van der Waals surface area contributed by atoms with Crippen LogP contribution in [-0.2, 0) is 0 Å². The van der Waals surface area contributed by atoms with Crippen molar-refractivity contribution < 1.29 is 5.11 Å². The van der Waals surface area contributed by atoms with Crippen molar-refractivity contribution in [3.8, 4) is 0 Å². The Morgan fingerprint density at radius 3 is 1.83 bits per heavy atom. The van der Waals surface area contributed by atoms with Crippen molar-refractivity contribution in [3.63, 3.8) is 0 Å². The molecule has 1 fully saturated rings. The molecule has 1 aliphatic rings. The van der Waals surface area contributed by atoms with Crippen molar-refractivity contribution in [2.45, 2.75) is 115 Å². The van der Waals surface area contributed by atoms with Crippen molar-refractivity contribution >= 4 is 17.0 Å². The quantitative estimate of drug-likeness (QED) is 0.360. The Hall–Kier alpha value is 0.400. The normalized spacial score (nSPS) is 22.4. The second-order valence-corrected chi connectivity index (χ2v) is 8.02. The monoisotopic (exact) mass is 405 g/mol. The van der Waals surface area contributed by atoms with Crippen LogP contribution in [0.4, 0.5) is 0 Å². The molecule has 0 aromatic rings. The van der Waals surface area contributed by atoms with Crippen LogP contribution in [-0.4, -0.2) is 36.2 Å². The van der Waals surface area contributed by atoms with Crippen LogP contribution < -0.4 is 0 Å². The summed E-state index contributed by atoms with van der Waals surface area (Å²) in [5.74, 6) is 0.511. The number of aliphatic hydroxyl groups is 1. The Kier molecular flexibility index (Phi) is 15.9. The lowest BCUT2D eigenvalue weighted by molar-refractivity contribution is 0.0194. The van der Waals surface area contributed by atoms with Crippen LogP contribution in [0, 0.1) is 5.92 Å². The van der Waals surface area contributed by atoms with Crippen molar-refractivity contribution in [3.05, 3.63) is 0 Å². The summed E-state index contributed by atoms with van der Waals surface area (Å²) in [5.41, 5.74) is 0. The van der Waals surface area contributed by atoms with Gasteiger partial charge in [-0.05, 0) is 33.4 Å². The van der Waals surface area contributed by atoms with Gasteiger partial charge < -0.3 is 10.0 Å². The molecule has 3 unspecified atom stereocenters. The molecule has 0 amide bonds. The van der Waals surface area contributed by atoms with Crippen molar-refractivity contribution in [2.24, 2.45) is 5.92 Å². The van der Waals surface area contributed by atoms with Gasteiger partial charge in [0, 0.05) is 12.0 Å². The van der Waals surface area contributed by atoms with E-state index in [0.29, 0.717) is 12.0 Å². The molecule has 146 valence electrons. The molecule has 0 heterocycles. The van der Waals surface area contributed by atoms with Gasteiger partial charge in [-0.25, -0.2) is 0 Å². The molecule has 0 aliphatic heterocycles. The maximum atomic E-state index is 10.3. The minimum atomic E-state index is -0.0562. The summed E-state index contributed by atoms with van der Waals surface area (Å²) in [6.45, 7) is 2.29. The lowest BCUT2D eigenvalue weighted by Gasteiger charge is -2.38. The Bertz CT molecular complexity index is 273. The molecule has 3 heteroatoms. The molecule has 3 atom stereocenters. The first-order valence-corrected chi connectivity index (χ1v) is 10.5. The Morgan fingerprint density at radius 1 is 0.833 bits per heavy atom. The Labute approximate surface area is 162 Å². The average molecular weight is 406 g/mol. The highest BCUT2D eigenvalue weighted by atomic mass is 79.9. The maximum Gasteiger partial charge on any atom is 0.0583 e. The molecular formula is C21H44BrNO. The molecular weight excluding hydrogens is 362 g/mol. The van der Waals surface area contributed by atoms with Crippen LogP contribution in [0.3, 0.4) is 0 Å². The van der Waals surface area contributed by atoms with Crippen molar-refractivity contribution in [1.82, 2.24) is 4.90 Å². The van der Waals surface area contributed by atoms with E-state index in [4.69, 9.17) is 0 Å². The van der Waals surface area contributed by atoms with Crippen LogP contribution in [0.15, 0.2) is 0 Å². The third-order valence-corrected chi connectivity index (χ3v) is 5.79. The maximum absolute atomic E-state index is 10.3. The molecule has 0 spiro atoms. The van der Waals surface area contributed by atoms with Gasteiger partial charge in [0.05, 0.1) is 6.10 Å². The number of unbranched alkanes of at least 4 members (excludes halogenated alkanes) is 9. The van der Waals surface area contributed by atoms with E-state index in [0.717, 1.165) is 6.42 Å². The minimum Gasteiger partial charge on any atom is -0.393 e. The first kappa shape index (κ1) is 24.4. The second-order valence-electron chi connectivity index (χ2n) is 8.02. The summed E-state index contributed by atoms with van der Waals surface area (Å²) < 4.78 is 0. The molecule has 1 saturated carbocycles. The highest BCUT2D eigenvalue weighted by Gasteiger charge is 2.31. The van der Waals surface area contributed by atoms with Gasteiger partial charge in [-0.15, -0.1) is 17.0 Å². The number of hydrogen-bond acceptors (Lipinski definition) is 2. The Balaban J connectivity index is 0.00000529. The Morgan fingerprint density at radius 2 is 1.33 bits per heavy atom. The molecule has 1 rings (SSSR count). The topological polar surface area (TPSA) is 23.5 Å². The predicted molar refractivity (Wildman–Crippen MR) is 112 cm³/mol. The molecule has 0 radical (unpaired) electrons. The van der Waals surface area contributed by atoms with Gasteiger partial charge in [-0.3, -0.25) is 0 Å². The van der Waals surface area contributed by atoms with E-state index in [-0.39, 0.29) is 23.1 Å². The average Bonchev–Trinajstić information content (AvgIpc) is 2.53. The standard InChI is InChI=1S/C21H43NO.BrH/c1-4-5-6-7-8-9-10-11-12-13-17-20(22(2)3)19-16-14-15-18-21(19)23;/h19-21,23H,4-18H2,1-3H3;1H. The molecule has 0 aromatic carbocycles. The number of hydrogen-bond donors (Lipinski definition) is 1. The van der Waals surface area contributed by atoms with Crippen LogP contribution >= 0.6 is 17.0 Å². The summed E-state index contributed by atoms with van der Waals surface area (Å²) >= 11 is 0. The van der Waals surface area contributed by atoms with E-state index in [1.165, 1.54) is 89.9 Å². The van der Waals surface area contributed by atoms with Gasteiger partial charge in [0.25, 0.3) is 0 Å². The van der Waals surface area contributed by atoms with Gasteiger partial charge in [-0.1, -0.05) is 84.0 Å². The molecule has 2 nitrogen and oxygen atoms in total. The van der Waals surface area contributed by atoms with E-state index in [9.17, 15) is 5.11 Å². The number of rotatable bonds is 13. The van der Waals surface area contributed by atoms with E-state index >= 15 is 0 Å². The zero-order chi connectivity index (χ0) is 16.9. The van der Waals surface area contributed by atoms with E-state index in [1.54, 1.807) is 0 Å². The first-order valence-electron chi connectivity index (χ1n) is 10.5. The first-order chi connectivity index (χ1) is 11.2. The van der Waals surface area contributed by atoms with Gasteiger partial charge >= 0.3 is 0 Å². The van der Waals surface area contributed by atoms with Gasteiger partial charge in [-0.2, -0.15) is 0 Å². The van der Waals surface area contributed by atoms with E-state index < -0.39 is 0 Å². The smallest absolute Gasteiger partial charge is 0.0583 e. The van der Waals surface area contributed by atoms with Crippen molar-refractivity contribution in [2.75, 3.05) is 14.1 Å². The SMILES string of the molecule is Br.CCCCCCCCCCCCC(C1CCCCC1O)N(C)C. The number of nitrogens with zero attached hydrogens (tertiary/aromatic N) is 1. The lowest BCUT2D eigenvalue weighted by Crippen LogP contribution is -2.42. The molecule has 1 aliphatic carbocycles. The predicted octanol–water partition coefficient (Wildman–Crippen LogP) is 6.36. The highest BCUT2D eigenvalue weighted by Crippen LogP contribution is 2.31. The molecule has 0 aromatic heterocycles. The van der Waals surface area contributed by atoms with Gasteiger partial charge in [0.15, 0.2) is 0 Å². The summed E-state index contributed by atoms with van der Waals surface area (Å²) in [6.07, 6.45) is 20.0. The zero-order valence-electron chi connectivity index (χ0n) is 16.6. The highest BCUT2D eigenvalue weighted by molar-refractivity contribution is 8.93. The van der Waals surface area contributed by atoms with Crippen LogP contribution in [0.25, 0.3) is 0 Å². The van der Waals surface area contributed by atoms with E-state index in [1.807, 2.05) is 0 Å². The molecule has 0 saturated heterocycles. The van der Waals surface area contributed by atoms with Crippen LogP contribution in [0.2, 0.25) is 0 Å². The van der Waals surface area contributed by atoms with Crippen molar-refractivity contribution in [1.29, 1.82) is 0 Å². The summed E-state index contributed by atoms with van der Waals surface area (Å²) in [6, 6.07) is 0.583. The molecule has 0 bridgehead atoms. The minimum absolute atomic E-state index is 0. The fourth-order valence-electron chi connectivity index (χ4n) is 4.28. The molecule has 24 heavy (non-hydrogen) atoms. The second kappa shape index (κ2) is 15.6. The largest absolute Gasteiger partial charge is 0.393 e.